The first-order chi connectivity index (χ1) is 12.5. The first kappa shape index (κ1) is 19.7. The van der Waals surface area contributed by atoms with Crippen LogP contribution in [0.4, 0.5) is 0 Å². The van der Waals surface area contributed by atoms with E-state index in [1.165, 1.54) is 44.9 Å². The van der Waals surface area contributed by atoms with Crippen molar-refractivity contribution in [3.63, 3.8) is 0 Å². The van der Waals surface area contributed by atoms with Gasteiger partial charge in [-0.05, 0) is 62.7 Å². The SMILES string of the molecule is CC1CCC(CC2CCC(NC(=O)C3CCCCC3C(=O)O)CC2)CC1. The molecule has 0 aromatic carbocycles. The average molecular weight is 364 g/mol. The second-order valence-electron chi connectivity index (χ2n) is 9.42. The summed E-state index contributed by atoms with van der Waals surface area (Å²) in [6.45, 7) is 2.38. The molecule has 0 aliphatic heterocycles. The van der Waals surface area contributed by atoms with Gasteiger partial charge in [0.15, 0.2) is 0 Å². The zero-order valence-corrected chi connectivity index (χ0v) is 16.4. The van der Waals surface area contributed by atoms with E-state index in [0.717, 1.165) is 49.9 Å². The van der Waals surface area contributed by atoms with E-state index >= 15 is 0 Å². The minimum absolute atomic E-state index is 0.00168. The molecule has 4 heteroatoms. The molecule has 3 aliphatic carbocycles. The van der Waals surface area contributed by atoms with Gasteiger partial charge in [0.2, 0.25) is 5.91 Å². The number of carboxylic acid groups (broad SMARTS) is 1. The topological polar surface area (TPSA) is 66.4 Å². The molecule has 0 heterocycles. The normalized spacial score (nSPS) is 38.5. The van der Waals surface area contributed by atoms with Crippen LogP contribution in [0.15, 0.2) is 0 Å². The third-order valence-corrected chi connectivity index (χ3v) is 7.42. The van der Waals surface area contributed by atoms with E-state index in [-0.39, 0.29) is 17.9 Å². The van der Waals surface area contributed by atoms with Crippen LogP contribution in [0.1, 0.15) is 90.4 Å². The summed E-state index contributed by atoms with van der Waals surface area (Å²) in [5.74, 6) is 1.10. The predicted molar refractivity (Wildman–Crippen MR) is 103 cm³/mol. The number of nitrogens with one attached hydrogen (secondary N) is 1. The molecule has 26 heavy (non-hydrogen) atoms. The van der Waals surface area contributed by atoms with Crippen molar-refractivity contribution in [1.82, 2.24) is 5.32 Å². The Hall–Kier alpha value is -1.06. The summed E-state index contributed by atoms with van der Waals surface area (Å²) in [5.41, 5.74) is 0. The van der Waals surface area contributed by atoms with Gasteiger partial charge < -0.3 is 10.4 Å². The number of aliphatic carboxylic acids is 1. The Balaban J connectivity index is 1.40. The average Bonchev–Trinajstić information content (AvgIpc) is 2.65. The van der Waals surface area contributed by atoms with Gasteiger partial charge in [0.25, 0.3) is 0 Å². The van der Waals surface area contributed by atoms with Gasteiger partial charge in [-0.2, -0.15) is 0 Å². The molecule has 0 bridgehead atoms. The Morgan fingerprint density at radius 1 is 0.808 bits per heavy atom. The molecule has 3 fully saturated rings. The number of rotatable bonds is 5. The van der Waals surface area contributed by atoms with Crippen LogP contribution >= 0.6 is 0 Å². The van der Waals surface area contributed by atoms with Crippen LogP contribution in [0.25, 0.3) is 0 Å². The lowest BCUT2D eigenvalue weighted by Crippen LogP contribution is -2.45. The molecular formula is C22H37NO3. The minimum atomic E-state index is -0.796. The van der Waals surface area contributed by atoms with Gasteiger partial charge >= 0.3 is 5.97 Å². The fraction of sp³-hybridized carbons (Fsp3) is 0.909. The standard InChI is InChI=1S/C22H37NO3/c1-15-6-8-16(9-7-15)14-17-10-12-18(13-11-17)23-21(24)19-4-2-3-5-20(19)22(25)26/h15-20H,2-14H2,1H3,(H,23,24)(H,25,26). The quantitative estimate of drug-likeness (QED) is 0.739. The molecule has 3 aliphatic rings. The van der Waals surface area contributed by atoms with Gasteiger partial charge in [0.05, 0.1) is 11.8 Å². The molecule has 1 amide bonds. The van der Waals surface area contributed by atoms with E-state index in [9.17, 15) is 14.7 Å². The Morgan fingerprint density at radius 3 is 1.92 bits per heavy atom. The van der Waals surface area contributed by atoms with Crippen LogP contribution in [0.3, 0.4) is 0 Å². The van der Waals surface area contributed by atoms with Crippen molar-refractivity contribution in [1.29, 1.82) is 0 Å². The van der Waals surface area contributed by atoms with Gasteiger partial charge in [-0.1, -0.05) is 45.4 Å². The lowest BCUT2D eigenvalue weighted by Gasteiger charge is -2.35. The molecule has 2 N–H and O–H groups in total. The first-order valence-electron chi connectivity index (χ1n) is 11.1. The van der Waals surface area contributed by atoms with E-state index in [4.69, 9.17) is 0 Å². The highest BCUT2D eigenvalue weighted by Crippen LogP contribution is 2.37. The summed E-state index contributed by atoms with van der Waals surface area (Å²) in [5, 5.41) is 12.6. The van der Waals surface area contributed by atoms with E-state index in [1.54, 1.807) is 0 Å². The van der Waals surface area contributed by atoms with Gasteiger partial charge in [-0.25, -0.2) is 0 Å². The maximum absolute atomic E-state index is 12.6. The van der Waals surface area contributed by atoms with E-state index in [1.807, 2.05) is 0 Å². The number of hydrogen-bond donors (Lipinski definition) is 2. The monoisotopic (exact) mass is 363 g/mol. The van der Waals surface area contributed by atoms with Crippen LogP contribution in [-0.4, -0.2) is 23.0 Å². The number of amides is 1. The van der Waals surface area contributed by atoms with Crippen molar-refractivity contribution in [2.75, 3.05) is 0 Å². The van der Waals surface area contributed by atoms with Gasteiger partial charge in [-0.3, -0.25) is 9.59 Å². The van der Waals surface area contributed by atoms with E-state index in [0.29, 0.717) is 6.42 Å². The Kier molecular flexibility index (Phi) is 6.99. The van der Waals surface area contributed by atoms with Gasteiger partial charge in [0.1, 0.15) is 0 Å². The van der Waals surface area contributed by atoms with Crippen molar-refractivity contribution in [3.05, 3.63) is 0 Å². The van der Waals surface area contributed by atoms with E-state index in [2.05, 4.69) is 12.2 Å². The highest BCUT2D eigenvalue weighted by Gasteiger charge is 2.37. The highest BCUT2D eigenvalue weighted by molar-refractivity contribution is 5.85. The fourth-order valence-corrected chi connectivity index (χ4v) is 5.63. The maximum atomic E-state index is 12.6. The highest BCUT2D eigenvalue weighted by atomic mass is 16.4. The second kappa shape index (κ2) is 9.23. The second-order valence-corrected chi connectivity index (χ2v) is 9.42. The third kappa shape index (κ3) is 5.23. The summed E-state index contributed by atoms with van der Waals surface area (Å²) in [4.78, 5) is 24.1. The smallest absolute Gasteiger partial charge is 0.307 e. The third-order valence-electron chi connectivity index (χ3n) is 7.42. The molecule has 2 unspecified atom stereocenters. The summed E-state index contributed by atoms with van der Waals surface area (Å²) >= 11 is 0. The van der Waals surface area contributed by atoms with Crippen molar-refractivity contribution < 1.29 is 14.7 Å². The molecule has 0 radical (unpaired) electrons. The summed E-state index contributed by atoms with van der Waals surface area (Å²) < 4.78 is 0. The van der Waals surface area contributed by atoms with Crippen molar-refractivity contribution in [3.8, 4) is 0 Å². The molecule has 0 spiro atoms. The zero-order chi connectivity index (χ0) is 18.5. The van der Waals surface area contributed by atoms with Gasteiger partial charge in [0, 0.05) is 6.04 Å². The number of hydrogen-bond acceptors (Lipinski definition) is 2. The maximum Gasteiger partial charge on any atom is 0.307 e. The fourth-order valence-electron chi connectivity index (χ4n) is 5.63. The lowest BCUT2D eigenvalue weighted by atomic mass is 9.74. The minimum Gasteiger partial charge on any atom is -0.481 e. The Labute approximate surface area is 158 Å². The summed E-state index contributed by atoms with van der Waals surface area (Å²) in [7, 11) is 0. The van der Waals surface area contributed by atoms with Crippen LogP contribution in [0.2, 0.25) is 0 Å². The van der Waals surface area contributed by atoms with Crippen LogP contribution in [0, 0.1) is 29.6 Å². The zero-order valence-electron chi connectivity index (χ0n) is 16.4. The first-order valence-corrected chi connectivity index (χ1v) is 11.1. The molecule has 0 aromatic heterocycles. The van der Waals surface area contributed by atoms with Crippen LogP contribution in [-0.2, 0) is 9.59 Å². The largest absolute Gasteiger partial charge is 0.481 e. The molecule has 2 atom stereocenters. The molecule has 3 rings (SSSR count). The summed E-state index contributed by atoms with van der Waals surface area (Å²) in [6, 6.07) is 0.265. The van der Waals surface area contributed by atoms with Gasteiger partial charge in [-0.15, -0.1) is 0 Å². The van der Waals surface area contributed by atoms with Crippen molar-refractivity contribution in [2.24, 2.45) is 29.6 Å². The van der Waals surface area contributed by atoms with E-state index < -0.39 is 11.9 Å². The lowest BCUT2D eigenvalue weighted by molar-refractivity contribution is -0.149. The molecule has 3 saturated carbocycles. The Bertz CT molecular complexity index is 476. The number of carbonyl (C=O) groups is 2. The molecule has 0 aromatic rings. The van der Waals surface area contributed by atoms with Crippen molar-refractivity contribution in [2.45, 2.75) is 96.4 Å². The molecular weight excluding hydrogens is 326 g/mol. The Morgan fingerprint density at radius 2 is 1.35 bits per heavy atom. The molecule has 4 nitrogen and oxygen atoms in total. The van der Waals surface area contributed by atoms with Crippen molar-refractivity contribution >= 4 is 11.9 Å². The molecule has 148 valence electrons. The van der Waals surface area contributed by atoms with Crippen LogP contribution in [0.5, 0.6) is 0 Å². The van der Waals surface area contributed by atoms with Crippen LogP contribution < -0.4 is 5.32 Å². The number of carbonyl (C=O) groups excluding carboxylic acids is 1. The number of carboxylic acids is 1. The predicted octanol–water partition coefficient (Wildman–Crippen LogP) is 4.77. The summed E-state index contributed by atoms with van der Waals surface area (Å²) in [6.07, 6.45) is 14.9. The molecule has 0 saturated heterocycles.